The Morgan fingerprint density at radius 3 is 3.05 bits per heavy atom. The molecule has 0 saturated carbocycles. The number of aromatic nitrogens is 2. The Morgan fingerprint density at radius 1 is 1.50 bits per heavy atom. The highest BCUT2D eigenvalue weighted by molar-refractivity contribution is 6.30. The number of nitrogens with one attached hydrogen (secondary N) is 1. The van der Waals surface area contributed by atoms with Crippen LogP contribution >= 0.6 is 11.6 Å². The van der Waals surface area contributed by atoms with Gasteiger partial charge in [0.25, 0.3) is 5.91 Å². The van der Waals surface area contributed by atoms with Crippen LogP contribution in [0.4, 0.5) is 5.69 Å². The van der Waals surface area contributed by atoms with Gasteiger partial charge in [-0.2, -0.15) is 5.10 Å². The monoisotopic (exact) mass is 290 g/mol. The van der Waals surface area contributed by atoms with Gasteiger partial charge in [0.05, 0.1) is 17.9 Å². The molecule has 1 aliphatic heterocycles. The summed E-state index contributed by atoms with van der Waals surface area (Å²) in [5.41, 5.74) is 7.55. The summed E-state index contributed by atoms with van der Waals surface area (Å²) in [6.07, 6.45) is 3.36. The van der Waals surface area contributed by atoms with Gasteiger partial charge in [0.1, 0.15) is 5.69 Å². The number of hydrogen-bond donors (Lipinski definition) is 2. The Bertz CT molecular complexity index is 640. The van der Waals surface area contributed by atoms with Gasteiger partial charge >= 0.3 is 0 Å². The van der Waals surface area contributed by atoms with Crippen molar-refractivity contribution in [2.24, 2.45) is 0 Å². The Balaban J connectivity index is 1.90. The number of anilines is 1. The fourth-order valence-corrected chi connectivity index (χ4v) is 2.88. The lowest BCUT2D eigenvalue weighted by molar-refractivity contribution is 0.0730. The minimum absolute atomic E-state index is 0.0453. The Labute approximate surface area is 121 Å². The number of hydrogen-bond acceptors (Lipinski definition) is 3. The Kier molecular flexibility index (Phi) is 3.36. The van der Waals surface area contributed by atoms with E-state index in [-0.39, 0.29) is 11.9 Å². The number of nitrogen functional groups attached to an aromatic ring is 1. The molecule has 1 aromatic carbocycles. The van der Waals surface area contributed by atoms with E-state index in [1.807, 2.05) is 29.2 Å². The van der Waals surface area contributed by atoms with Crippen molar-refractivity contribution in [2.45, 2.75) is 18.9 Å². The SMILES string of the molecule is Nc1cn[nH]c1C(=O)N1CCCC1c1cccc(Cl)c1. The number of likely N-dealkylation sites (tertiary alicyclic amines) is 1. The molecule has 104 valence electrons. The van der Waals surface area contributed by atoms with Gasteiger partial charge in [-0.05, 0) is 30.5 Å². The number of benzene rings is 1. The first-order chi connectivity index (χ1) is 9.66. The van der Waals surface area contributed by atoms with Crippen LogP contribution in [-0.2, 0) is 0 Å². The molecule has 0 bridgehead atoms. The molecule has 1 atom stereocenters. The fourth-order valence-electron chi connectivity index (χ4n) is 2.68. The average molecular weight is 291 g/mol. The highest BCUT2D eigenvalue weighted by Crippen LogP contribution is 2.34. The number of rotatable bonds is 2. The third-order valence-corrected chi connectivity index (χ3v) is 3.86. The third-order valence-electron chi connectivity index (χ3n) is 3.63. The summed E-state index contributed by atoms with van der Waals surface area (Å²) < 4.78 is 0. The van der Waals surface area contributed by atoms with Crippen molar-refractivity contribution in [3.05, 3.63) is 46.7 Å². The molecule has 1 aliphatic rings. The van der Waals surface area contributed by atoms with Crippen LogP contribution in [0.3, 0.4) is 0 Å². The molecule has 5 nitrogen and oxygen atoms in total. The van der Waals surface area contributed by atoms with Gasteiger partial charge in [-0.3, -0.25) is 9.89 Å². The Morgan fingerprint density at radius 2 is 2.35 bits per heavy atom. The van der Waals surface area contributed by atoms with Gasteiger partial charge in [-0.15, -0.1) is 0 Å². The first-order valence-corrected chi connectivity index (χ1v) is 6.90. The number of nitrogens with zero attached hydrogens (tertiary/aromatic N) is 2. The second kappa shape index (κ2) is 5.17. The van der Waals surface area contributed by atoms with E-state index >= 15 is 0 Å². The topological polar surface area (TPSA) is 75.0 Å². The number of amides is 1. The van der Waals surface area contributed by atoms with E-state index in [4.69, 9.17) is 17.3 Å². The lowest BCUT2D eigenvalue weighted by Gasteiger charge is -2.24. The number of aromatic amines is 1. The zero-order valence-electron chi connectivity index (χ0n) is 10.8. The molecular formula is C14H15ClN4O. The molecule has 6 heteroatoms. The number of nitrogens with two attached hydrogens (primary N) is 1. The summed E-state index contributed by atoms with van der Waals surface area (Å²) in [5.74, 6) is -0.109. The van der Waals surface area contributed by atoms with Crippen LogP contribution in [0.1, 0.15) is 34.9 Å². The molecule has 0 radical (unpaired) electrons. The maximum Gasteiger partial charge on any atom is 0.274 e. The minimum Gasteiger partial charge on any atom is -0.396 e. The third kappa shape index (κ3) is 2.25. The molecule has 1 amide bonds. The van der Waals surface area contributed by atoms with Gasteiger partial charge in [0.15, 0.2) is 0 Å². The predicted octanol–water partition coefficient (Wildman–Crippen LogP) is 2.62. The van der Waals surface area contributed by atoms with Gasteiger partial charge < -0.3 is 10.6 Å². The first-order valence-electron chi connectivity index (χ1n) is 6.52. The van der Waals surface area contributed by atoms with E-state index in [1.165, 1.54) is 6.20 Å². The molecule has 0 spiro atoms. The number of carbonyl (C=O) groups is 1. The van der Waals surface area contributed by atoms with Crippen molar-refractivity contribution >= 4 is 23.2 Å². The van der Waals surface area contributed by atoms with Crippen molar-refractivity contribution in [1.82, 2.24) is 15.1 Å². The van der Waals surface area contributed by atoms with Crippen LogP contribution in [0.25, 0.3) is 0 Å². The van der Waals surface area contributed by atoms with Crippen LogP contribution in [0, 0.1) is 0 Å². The van der Waals surface area contributed by atoms with E-state index in [0.29, 0.717) is 22.9 Å². The second-order valence-electron chi connectivity index (χ2n) is 4.91. The van der Waals surface area contributed by atoms with Crippen molar-refractivity contribution in [3.63, 3.8) is 0 Å². The summed E-state index contributed by atoms with van der Waals surface area (Å²) in [4.78, 5) is 14.4. The normalized spacial score (nSPS) is 18.4. The molecular weight excluding hydrogens is 276 g/mol. The largest absolute Gasteiger partial charge is 0.396 e. The lowest BCUT2D eigenvalue weighted by Crippen LogP contribution is -2.31. The van der Waals surface area contributed by atoms with E-state index in [2.05, 4.69) is 10.2 Å². The van der Waals surface area contributed by atoms with Crippen molar-refractivity contribution < 1.29 is 4.79 Å². The molecule has 20 heavy (non-hydrogen) atoms. The quantitative estimate of drug-likeness (QED) is 0.893. The maximum atomic E-state index is 12.5. The molecule has 3 N–H and O–H groups in total. The maximum absolute atomic E-state index is 12.5. The summed E-state index contributed by atoms with van der Waals surface area (Å²) >= 11 is 6.04. The first kappa shape index (κ1) is 13.0. The standard InChI is InChI=1S/C14H15ClN4O/c15-10-4-1-3-9(7-10)12-5-2-6-19(12)14(20)13-11(16)8-17-18-13/h1,3-4,7-8,12H,2,5-6,16H2,(H,17,18). The average Bonchev–Trinajstić information content (AvgIpc) is 3.06. The zero-order chi connectivity index (χ0) is 14.1. The summed E-state index contributed by atoms with van der Waals surface area (Å²) in [7, 11) is 0. The van der Waals surface area contributed by atoms with Gasteiger partial charge in [-0.1, -0.05) is 23.7 Å². The molecule has 1 fully saturated rings. The Hall–Kier alpha value is -2.01. The molecule has 1 aromatic heterocycles. The zero-order valence-corrected chi connectivity index (χ0v) is 11.6. The molecule has 1 unspecified atom stereocenters. The number of halogens is 1. The highest BCUT2D eigenvalue weighted by Gasteiger charge is 2.32. The van der Waals surface area contributed by atoms with Gasteiger partial charge in [-0.25, -0.2) is 0 Å². The van der Waals surface area contributed by atoms with Crippen molar-refractivity contribution in [2.75, 3.05) is 12.3 Å². The van der Waals surface area contributed by atoms with Crippen molar-refractivity contribution in [3.8, 4) is 0 Å². The summed E-state index contributed by atoms with van der Waals surface area (Å²) in [6, 6.07) is 7.69. The summed E-state index contributed by atoms with van der Waals surface area (Å²) in [5, 5.41) is 7.16. The van der Waals surface area contributed by atoms with Crippen LogP contribution in [0.5, 0.6) is 0 Å². The molecule has 1 saturated heterocycles. The minimum atomic E-state index is -0.109. The fraction of sp³-hybridized carbons (Fsp3) is 0.286. The van der Waals surface area contributed by atoms with Crippen LogP contribution in [0.2, 0.25) is 5.02 Å². The smallest absolute Gasteiger partial charge is 0.274 e. The molecule has 2 heterocycles. The van der Waals surface area contributed by atoms with E-state index < -0.39 is 0 Å². The predicted molar refractivity (Wildman–Crippen MR) is 77.5 cm³/mol. The number of H-pyrrole nitrogens is 1. The van der Waals surface area contributed by atoms with Crippen LogP contribution in [0.15, 0.2) is 30.5 Å². The van der Waals surface area contributed by atoms with E-state index in [0.717, 1.165) is 18.4 Å². The molecule has 0 aliphatic carbocycles. The summed E-state index contributed by atoms with van der Waals surface area (Å²) in [6.45, 7) is 0.717. The number of carbonyl (C=O) groups excluding carboxylic acids is 1. The second-order valence-corrected chi connectivity index (χ2v) is 5.35. The van der Waals surface area contributed by atoms with E-state index in [9.17, 15) is 4.79 Å². The lowest BCUT2D eigenvalue weighted by atomic mass is 10.0. The highest BCUT2D eigenvalue weighted by atomic mass is 35.5. The molecule has 3 rings (SSSR count). The molecule has 2 aromatic rings. The van der Waals surface area contributed by atoms with Gasteiger partial charge in [0.2, 0.25) is 0 Å². The van der Waals surface area contributed by atoms with E-state index in [1.54, 1.807) is 0 Å². The van der Waals surface area contributed by atoms with Crippen LogP contribution < -0.4 is 5.73 Å². The van der Waals surface area contributed by atoms with Gasteiger partial charge in [0, 0.05) is 11.6 Å². The van der Waals surface area contributed by atoms with Crippen LogP contribution in [-0.4, -0.2) is 27.5 Å². The van der Waals surface area contributed by atoms with Crippen molar-refractivity contribution in [1.29, 1.82) is 0 Å².